The van der Waals surface area contributed by atoms with Gasteiger partial charge in [-0.2, -0.15) is 0 Å². The Morgan fingerprint density at radius 2 is 1.94 bits per heavy atom. The molecule has 0 saturated heterocycles. The predicted molar refractivity (Wildman–Crippen MR) is 70.6 cm³/mol. The third-order valence-electron chi connectivity index (χ3n) is 2.69. The Kier molecular flexibility index (Phi) is 5.86. The molecule has 0 saturated carbocycles. The average molecular weight is 269 g/mol. The molecule has 1 aromatic carbocycles. The number of rotatable bonds is 6. The molecule has 0 amide bonds. The fourth-order valence-electron chi connectivity index (χ4n) is 1.72. The summed E-state index contributed by atoms with van der Waals surface area (Å²) >= 11 is 5.99. The van der Waals surface area contributed by atoms with Gasteiger partial charge in [-0.1, -0.05) is 36.7 Å². The predicted octanol–water partition coefficient (Wildman–Crippen LogP) is 3.04. The molecule has 98 valence electrons. The Hall–Kier alpha value is -1.35. The first-order chi connectivity index (χ1) is 8.60. The summed E-state index contributed by atoms with van der Waals surface area (Å²) in [6, 6.07) is 7.15. The fourth-order valence-corrected chi connectivity index (χ4v) is 1.92. The summed E-state index contributed by atoms with van der Waals surface area (Å²) in [5.41, 5.74) is 0.743. The van der Waals surface area contributed by atoms with Crippen LogP contribution in [0.4, 0.5) is 0 Å². The topological polar surface area (TPSA) is 43.4 Å². The lowest BCUT2D eigenvalue weighted by atomic mass is 9.95. The van der Waals surface area contributed by atoms with Gasteiger partial charge in [-0.15, -0.1) is 0 Å². The van der Waals surface area contributed by atoms with Crippen LogP contribution in [0.15, 0.2) is 24.3 Å². The Bertz CT molecular complexity index is 429. The summed E-state index contributed by atoms with van der Waals surface area (Å²) in [4.78, 5) is 23.7. The largest absolute Gasteiger partial charge is 0.465 e. The molecule has 4 heteroatoms. The van der Waals surface area contributed by atoms with E-state index in [1.807, 2.05) is 6.07 Å². The van der Waals surface area contributed by atoms with Gasteiger partial charge in [0.15, 0.2) is 5.78 Å². The highest BCUT2D eigenvalue weighted by Crippen LogP contribution is 2.18. The summed E-state index contributed by atoms with van der Waals surface area (Å²) in [6.07, 6.45) is 0.610. The van der Waals surface area contributed by atoms with Crippen LogP contribution in [0.2, 0.25) is 5.02 Å². The molecule has 1 rings (SSSR count). The average Bonchev–Trinajstić information content (AvgIpc) is 2.33. The number of benzene rings is 1. The minimum atomic E-state index is -0.693. The highest BCUT2D eigenvalue weighted by molar-refractivity contribution is 6.31. The summed E-state index contributed by atoms with van der Waals surface area (Å²) < 4.78 is 4.89. The molecular formula is C14H17ClO3. The van der Waals surface area contributed by atoms with E-state index in [2.05, 4.69) is 0 Å². The van der Waals surface area contributed by atoms with E-state index in [1.165, 1.54) is 0 Å². The van der Waals surface area contributed by atoms with E-state index in [9.17, 15) is 9.59 Å². The lowest BCUT2D eigenvalue weighted by Crippen LogP contribution is -2.27. The Morgan fingerprint density at radius 1 is 1.28 bits per heavy atom. The van der Waals surface area contributed by atoms with Gasteiger partial charge in [0.25, 0.3) is 0 Å². The van der Waals surface area contributed by atoms with Crippen LogP contribution in [0.25, 0.3) is 0 Å². The maximum absolute atomic E-state index is 12.1. The highest BCUT2D eigenvalue weighted by atomic mass is 35.5. The van der Waals surface area contributed by atoms with Crippen LogP contribution < -0.4 is 0 Å². The highest BCUT2D eigenvalue weighted by Gasteiger charge is 2.26. The molecule has 0 radical (unpaired) electrons. The Balaban J connectivity index is 2.74. The van der Waals surface area contributed by atoms with Gasteiger partial charge in [0, 0.05) is 11.4 Å². The lowest BCUT2D eigenvalue weighted by Gasteiger charge is -2.12. The van der Waals surface area contributed by atoms with Gasteiger partial charge in [0.1, 0.15) is 5.92 Å². The molecule has 0 aliphatic rings. The zero-order valence-electron chi connectivity index (χ0n) is 10.6. The van der Waals surface area contributed by atoms with E-state index in [1.54, 1.807) is 32.0 Å². The number of carbonyl (C=O) groups is 2. The number of ether oxygens (including phenoxy) is 1. The third-order valence-corrected chi connectivity index (χ3v) is 3.06. The number of Topliss-reactive ketones (excluding diaryl/α,β-unsaturated/α-hetero) is 1. The van der Waals surface area contributed by atoms with Crippen molar-refractivity contribution in [1.82, 2.24) is 0 Å². The van der Waals surface area contributed by atoms with Crippen molar-refractivity contribution in [1.29, 1.82) is 0 Å². The molecular weight excluding hydrogens is 252 g/mol. The summed E-state index contributed by atoms with van der Waals surface area (Å²) in [7, 11) is 0. The van der Waals surface area contributed by atoms with Crippen LogP contribution >= 0.6 is 11.6 Å². The summed E-state index contributed by atoms with van der Waals surface area (Å²) in [5.74, 6) is -1.29. The molecule has 0 heterocycles. The van der Waals surface area contributed by atoms with Crippen LogP contribution in [0.5, 0.6) is 0 Å². The van der Waals surface area contributed by atoms with Gasteiger partial charge in [-0.05, 0) is 25.0 Å². The second-order valence-electron chi connectivity index (χ2n) is 3.95. The molecule has 1 aromatic rings. The zero-order chi connectivity index (χ0) is 13.5. The number of hydrogen-bond acceptors (Lipinski definition) is 3. The first-order valence-electron chi connectivity index (χ1n) is 6.02. The molecule has 0 fully saturated rings. The molecule has 1 unspecified atom stereocenters. The van der Waals surface area contributed by atoms with Crippen LogP contribution in [0.3, 0.4) is 0 Å². The minimum Gasteiger partial charge on any atom is -0.465 e. The van der Waals surface area contributed by atoms with E-state index in [0.717, 1.165) is 5.56 Å². The van der Waals surface area contributed by atoms with Crippen molar-refractivity contribution in [2.75, 3.05) is 6.61 Å². The van der Waals surface area contributed by atoms with Crippen molar-refractivity contribution in [3.63, 3.8) is 0 Å². The second kappa shape index (κ2) is 7.17. The van der Waals surface area contributed by atoms with E-state index in [-0.39, 0.29) is 18.8 Å². The quantitative estimate of drug-likeness (QED) is 0.588. The zero-order valence-corrected chi connectivity index (χ0v) is 11.4. The molecule has 0 N–H and O–H groups in total. The monoisotopic (exact) mass is 268 g/mol. The molecule has 0 bridgehead atoms. The SMILES string of the molecule is CCOC(=O)C(CC)C(=O)Cc1ccccc1Cl. The van der Waals surface area contributed by atoms with Crippen LogP contribution in [-0.2, 0) is 20.7 Å². The number of carbonyl (C=O) groups excluding carboxylic acids is 2. The van der Waals surface area contributed by atoms with Crippen molar-refractivity contribution in [2.24, 2.45) is 5.92 Å². The molecule has 1 atom stereocenters. The van der Waals surface area contributed by atoms with Gasteiger partial charge in [-0.3, -0.25) is 9.59 Å². The van der Waals surface area contributed by atoms with Crippen molar-refractivity contribution in [3.8, 4) is 0 Å². The van der Waals surface area contributed by atoms with E-state index < -0.39 is 11.9 Å². The summed E-state index contributed by atoms with van der Waals surface area (Å²) in [5, 5.41) is 0.546. The number of hydrogen-bond donors (Lipinski definition) is 0. The van der Waals surface area contributed by atoms with Gasteiger partial charge < -0.3 is 4.74 Å². The van der Waals surface area contributed by atoms with Crippen LogP contribution in [0, 0.1) is 5.92 Å². The molecule has 0 spiro atoms. The first-order valence-corrected chi connectivity index (χ1v) is 6.40. The van der Waals surface area contributed by atoms with E-state index in [0.29, 0.717) is 11.4 Å². The molecule has 0 aliphatic heterocycles. The minimum absolute atomic E-state index is 0.149. The fraction of sp³-hybridized carbons (Fsp3) is 0.429. The molecule has 3 nitrogen and oxygen atoms in total. The molecule has 18 heavy (non-hydrogen) atoms. The smallest absolute Gasteiger partial charge is 0.316 e. The van der Waals surface area contributed by atoms with Crippen molar-refractivity contribution in [2.45, 2.75) is 26.7 Å². The molecule has 0 aromatic heterocycles. The van der Waals surface area contributed by atoms with Crippen LogP contribution in [-0.4, -0.2) is 18.4 Å². The summed E-state index contributed by atoms with van der Waals surface area (Å²) in [6.45, 7) is 3.81. The maximum atomic E-state index is 12.1. The van der Waals surface area contributed by atoms with Gasteiger partial charge in [0.05, 0.1) is 6.61 Å². The lowest BCUT2D eigenvalue weighted by molar-refractivity contribution is -0.151. The standard InChI is InChI=1S/C14H17ClO3/c1-3-11(14(17)18-4-2)13(16)9-10-7-5-6-8-12(10)15/h5-8,11H,3-4,9H2,1-2H3. The number of halogens is 1. The second-order valence-corrected chi connectivity index (χ2v) is 4.35. The Morgan fingerprint density at radius 3 is 2.50 bits per heavy atom. The van der Waals surface area contributed by atoms with Crippen molar-refractivity contribution < 1.29 is 14.3 Å². The third kappa shape index (κ3) is 3.84. The van der Waals surface area contributed by atoms with E-state index in [4.69, 9.17) is 16.3 Å². The number of ketones is 1. The Labute approximate surface area is 112 Å². The van der Waals surface area contributed by atoms with Crippen molar-refractivity contribution >= 4 is 23.4 Å². The van der Waals surface area contributed by atoms with E-state index >= 15 is 0 Å². The maximum Gasteiger partial charge on any atom is 0.316 e. The van der Waals surface area contributed by atoms with Gasteiger partial charge in [0.2, 0.25) is 0 Å². The van der Waals surface area contributed by atoms with Gasteiger partial charge >= 0.3 is 5.97 Å². The first kappa shape index (κ1) is 14.7. The molecule has 0 aliphatic carbocycles. The van der Waals surface area contributed by atoms with Crippen molar-refractivity contribution in [3.05, 3.63) is 34.9 Å². The van der Waals surface area contributed by atoms with Gasteiger partial charge in [-0.25, -0.2) is 0 Å². The number of esters is 1. The normalized spacial score (nSPS) is 11.9. The van der Waals surface area contributed by atoms with Crippen LogP contribution in [0.1, 0.15) is 25.8 Å².